The van der Waals surface area contributed by atoms with Crippen molar-refractivity contribution in [2.24, 2.45) is 0 Å². The number of aromatic nitrogens is 2. The van der Waals surface area contributed by atoms with Gasteiger partial charge in [0.25, 0.3) is 0 Å². The monoisotopic (exact) mass is 311 g/mol. The normalized spacial score (nSPS) is 28.1. The molecule has 0 spiro atoms. The second kappa shape index (κ2) is 6.26. The highest BCUT2D eigenvalue weighted by atomic mass is 16.6. The number of aliphatic hydroxyl groups excluding tert-OH is 2. The maximum atomic E-state index is 12.0. The summed E-state index contributed by atoms with van der Waals surface area (Å²) in [4.78, 5) is 27.0. The number of ether oxygens (including phenoxy) is 2. The Hall–Kier alpha value is -2.23. The van der Waals surface area contributed by atoms with Gasteiger partial charge in [-0.15, -0.1) is 0 Å². The van der Waals surface area contributed by atoms with Crippen LogP contribution in [0.3, 0.4) is 0 Å². The number of carbonyl (C=O) groups excluding carboxylic acids is 1. The molecule has 1 aromatic rings. The Labute approximate surface area is 125 Å². The van der Waals surface area contributed by atoms with E-state index in [4.69, 9.17) is 10.5 Å². The maximum absolute atomic E-state index is 12.0. The first kappa shape index (κ1) is 16.1. The average molecular weight is 311 g/mol. The van der Waals surface area contributed by atoms with Crippen molar-refractivity contribution in [1.29, 1.82) is 0 Å². The van der Waals surface area contributed by atoms with Crippen molar-refractivity contribution >= 4 is 11.8 Å². The zero-order valence-electron chi connectivity index (χ0n) is 11.9. The number of hydrogen-bond donors (Lipinski definition) is 3. The molecule has 1 aliphatic heterocycles. The fourth-order valence-electron chi connectivity index (χ4n) is 2.29. The highest BCUT2D eigenvalue weighted by Crippen LogP contribution is 2.35. The van der Waals surface area contributed by atoms with Gasteiger partial charge in [0.1, 0.15) is 11.9 Å². The summed E-state index contributed by atoms with van der Waals surface area (Å²) < 4.78 is 11.2. The molecule has 1 aromatic heterocycles. The van der Waals surface area contributed by atoms with E-state index in [1.807, 2.05) is 0 Å². The van der Waals surface area contributed by atoms with Crippen molar-refractivity contribution in [2.45, 2.75) is 24.4 Å². The number of nitrogens with two attached hydrogens (primary N) is 1. The van der Waals surface area contributed by atoms with Gasteiger partial charge in [-0.3, -0.25) is 4.57 Å². The first-order chi connectivity index (χ1) is 10.4. The van der Waals surface area contributed by atoms with Crippen LogP contribution in [-0.4, -0.2) is 51.7 Å². The van der Waals surface area contributed by atoms with Gasteiger partial charge >= 0.3 is 11.7 Å². The Kier molecular flexibility index (Phi) is 4.59. The van der Waals surface area contributed by atoms with E-state index in [-0.39, 0.29) is 12.2 Å². The second-order valence-corrected chi connectivity index (χ2v) is 4.82. The van der Waals surface area contributed by atoms with Crippen LogP contribution in [0.4, 0.5) is 5.82 Å². The predicted octanol–water partition coefficient (Wildman–Crippen LogP) is -1.65. The van der Waals surface area contributed by atoms with E-state index in [2.05, 4.69) is 9.72 Å². The van der Waals surface area contributed by atoms with Gasteiger partial charge in [-0.1, -0.05) is 0 Å². The molecule has 0 aliphatic carbocycles. The quantitative estimate of drug-likeness (QED) is 0.444. The van der Waals surface area contributed by atoms with Gasteiger partial charge in [-0.2, -0.15) is 4.98 Å². The van der Waals surface area contributed by atoms with E-state index in [1.54, 1.807) is 0 Å². The lowest BCUT2D eigenvalue weighted by Gasteiger charge is -2.27. The SMILES string of the molecule is COC(=O)C=C[C@]1(n2ccc(N)nc2=O)C[C@H](O)[C@@H](CO)O1. The minimum absolute atomic E-state index is 0.0330. The van der Waals surface area contributed by atoms with Crippen LogP contribution in [0.25, 0.3) is 0 Å². The van der Waals surface area contributed by atoms with Crippen LogP contribution in [0.2, 0.25) is 0 Å². The molecule has 1 aliphatic rings. The number of nitrogen functional groups attached to an aromatic ring is 1. The topological polar surface area (TPSA) is 137 Å². The molecule has 9 heteroatoms. The fraction of sp³-hybridized carbons (Fsp3) is 0.462. The average Bonchev–Trinajstić information content (AvgIpc) is 2.81. The number of methoxy groups -OCH3 is 1. The van der Waals surface area contributed by atoms with E-state index in [0.717, 1.165) is 10.6 Å². The predicted molar refractivity (Wildman–Crippen MR) is 74.6 cm³/mol. The largest absolute Gasteiger partial charge is 0.466 e. The molecule has 0 radical (unpaired) electrons. The number of esters is 1. The molecule has 0 bridgehead atoms. The third-order valence-corrected chi connectivity index (χ3v) is 3.38. The number of hydrogen-bond acceptors (Lipinski definition) is 8. The van der Waals surface area contributed by atoms with Crippen molar-refractivity contribution < 1.29 is 24.5 Å². The van der Waals surface area contributed by atoms with Gasteiger partial charge in [-0.05, 0) is 12.1 Å². The lowest BCUT2D eigenvalue weighted by atomic mass is 10.1. The molecule has 0 amide bonds. The van der Waals surface area contributed by atoms with Crippen molar-refractivity contribution in [3.8, 4) is 0 Å². The molecule has 9 nitrogen and oxygen atoms in total. The lowest BCUT2D eigenvalue weighted by molar-refractivity contribution is -0.135. The van der Waals surface area contributed by atoms with Crippen LogP contribution in [0.15, 0.2) is 29.2 Å². The smallest absolute Gasteiger partial charge is 0.352 e. The zero-order chi connectivity index (χ0) is 16.3. The van der Waals surface area contributed by atoms with Crippen LogP contribution in [0.5, 0.6) is 0 Å². The lowest BCUT2D eigenvalue weighted by Crippen LogP contribution is -2.41. The first-order valence-corrected chi connectivity index (χ1v) is 6.51. The maximum Gasteiger partial charge on any atom is 0.352 e. The van der Waals surface area contributed by atoms with Crippen molar-refractivity contribution in [2.75, 3.05) is 19.5 Å². The van der Waals surface area contributed by atoms with Gasteiger partial charge in [0.05, 0.1) is 19.8 Å². The summed E-state index contributed by atoms with van der Waals surface area (Å²) in [6.45, 7) is -0.438. The van der Waals surface area contributed by atoms with Gasteiger partial charge < -0.3 is 25.4 Å². The summed E-state index contributed by atoms with van der Waals surface area (Å²) >= 11 is 0. The molecule has 0 aromatic carbocycles. The van der Waals surface area contributed by atoms with Gasteiger partial charge in [0, 0.05) is 18.7 Å². The van der Waals surface area contributed by atoms with Gasteiger partial charge in [0.2, 0.25) is 0 Å². The van der Waals surface area contributed by atoms with E-state index in [0.29, 0.717) is 0 Å². The standard InChI is InChI=1S/C13H17N3O6/c1-21-11(19)2-4-13(6-8(18)9(7-17)22-13)16-5-3-10(14)15-12(16)20/h2-5,8-9,17-18H,6-7H2,1H3,(H2,14,15,20)/t8-,9+,13+/m0/s1. The minimum atomic E-state index is -1.46. The summed E-state index contributed by atoms with van der Waals surface area (Å²) in [7, 11) is 1.21. The molecule has 120 valence electrons. The highest BCUT2D eigenvalue weighted by Gasteiger charge is 2.46. The Bertz CT molecular complexity index is 643. The van der Waals surface area contributed by atoms with Crippen LogP contribution in [-0.2, 0) is 20.0 Å². The Balaban J connectivity index is 2.49. The van der Waals surface area contributed by atoms with Crippen LogP contribution in [0.1, 0.15) is 6.42 Å². The zero-order valence-corrected chi connectivity index (χ0v) is 11.9. The van der Waals surface area contributed by atoms with E-state index in [1.165, 1.54) is 25.4 Å². The van der Waals surface area contributed by atoms with Crippen LogP contribution >= 0.6 is 0 Å². The number of aliphatic hydroxyl groups is 2. The molecule has 0 saturated carbocycles. The summed E-state index contributed by atoms with van der Waals surface area (Å²) in [6, 6.07) is 1.39. The Morgan fingerprint density at radius 3 is 3.00 bits per heavy atom. The second-order valence-electron chi connectivity index (χ2n) is 4.82. The summed E-state index contributed by atoms with van der Waals surface area (Å²) in [5, 5.41) is 19.2. The molecule has 0 unspecified atom stereocenters. The third-order valence-electron chi connectivity index (χ3n) is 3.38. The number of nitrogens with zero attached hydrogens (tertiary/aromatic N) is 2. The molecule has 4 N–H and O–H groups in total. The molecule has 22 heavy (non-hydrogen) atoms. The highest BCUT2D eigenvalue weighted by molar-refractivity contribution is 5.81. The Morgan fingerprint density at radius 1 is 1.73 bits per heavy atom. The van der Waals surface area contributed by atoms with Crippen LogP contribution in [0, 0.1) is 0 Å². The summed E-state index contributed by atoms with van der Waals surface area (Å²) in [6.07, 6.45) is 1.76. The molecular formula is C13H17N3O6. The van der Waals surface area contributed by atoms with Crippen molar-refractivity contribution in [1.82, 2.24) is 9.55 Å². The Morgan fingerprint density at radius 2 is 2.45 bits per heavy atom. The summed E-state index contributed by atoms with van der Waals surface area (Å²) in [5.41, 5.74) is 3.28. The van der Waals surface area contributed by atoms with E-state index in [9.17, 15) is 19.8 Å². The van der Waals surface area contributed by atoms with Gasteiger partial charge in [0.15, 0.2) is 5.72 Å². The minimum Gasteiger partial charge on any atom is -0.466 e. The number of rotatable bonds is 4. The van der Waals surface area contributed by atoms with E-state index >= 15 is 0 Å². The molecule has 3 atom stereocenters. The first-order valence-electron chi connectivity index (χ1n) is 6.51. The fourth-order valence-corrected chi connectivity index (χ4v) is 2.29. The molecule has 2 rings (SSSR count). The molecular weight excluding hydrogens is 294 g/mol. The molecule has 1 fully saturated rings. The number of carbonyl (C=O) groups is 1. The van der Waals surface area contributed by atoms with Gasteiger partial charge in [-0.25, -0.2) is 9.59 Å². The van der Waals surface area contributed by atoms with E-state index < -0.39 is 36.2 Å². The molecule has 1 saturated heterocycles. The van der Waals surface area contributed by atoms with Crippen molar-refractivity contribution in [3.63, 3.8) is 0 Å². The molecule has 2 heterocycles. The third kappa shape index (κ3) is 3.01. The van der Waals surface area contributed by atoms with Crippen LogP contribution < -0.4 is 11.4 Å². The summed E-state index contributed by atoms with van der Waals surface area (Å²) in [5.74, 6) is -0.619. The number of anilines is 1. The van der Waals surface area contributed by atoms with Crippen molar-refractivity contribution in [3.05, 3.63) is 34.9 Å².